The maximum absolute atomic E-state index is 11.1. The monoisotopic (exact) mass is 291 g/mol. The lowest BCUT2D eigenvalue weighted by Gasteiger charge is -2.18. The Kier molecular flexibility index (Phi) is 4.29. The van der Waals surface area contributed by atoms with Gasteiger partial charge < -0.3 is 15.2 Å². The molecule has 0 aliphatic rings. The summed E-state index contributed by atoms with van der Waals surface area (Å²) in [6.07, 6.45) is 0. The van der Waals surface area contributed by atoms with Crippen molar-refractivity contribution in [2.45, 2.75) is 19.9 Å². The van der Waals surface area contributed by atoms with Gasteiger partial charge in [-0.05, 0) is 49.1 Å². The number of aryl methyl sites for hydroxylation is 1. The summed E-state index contributed by atoms with van der Waals surface area (Å²) >= 11 is 1.68. The van der Waals surface area contributed by atoms with Crippen molar-refractivity contribution in [2.75, 3.05) is 12.4 Å². The molecule has 1 unspecified atom stereocenters. The van der Waals surface area contributed by atoms with Gasteiger partial charge in [-0.15, -0.1) is 11.3 Å². The highest BCUT2D eigenvalue weighted by atomic mass is 32.1. The third-order valence-corrected chi connectivity index (χ3v) is 4.32. The first-order valence-electron chi connectivity index (χ1n) is 6.24. The summed E-state index contributed by atoms with van der Waals surface area (Å²) < 4.78 is 5.28. The van der Waals surface area contributed by atoms with E-state index in [2.05, 4.69) is 18.3 Å². The quantitative estimate of drug-likeness (QED) is 0.876. The van der Waals surface area contributed by atoms with Crippen molar-refractivity contribution in [3.8, 4) is 5.75 Å². The van der Waals surface area contributed by atoms with E-state index >= 15 is 0 Å². The van der Waals surface area contributed by atoms with Gasteiger partial charge in [0.2, 0.25) is 0 Å². The van der Waals surface area contributed by atoms with E-state index in [4.69, 9.17) is 9.84 Å². The van der Waals surface area contributed by atoms with Gasteiger partial charge in [-0.2, -0.15) is 0 Å². The van der Waals surface area contributed by atoms with Crippen molar-refractivity contribution in [2.24, 2.45) is 0 Å². The van der Waals surface area contributed by atoms with E-state index in [9.17, 15) is 4.79 Å². The standard InChI is InChI=1S/C15H17NO3S/c1-9-6-7-20-14(9)10(2)16-12-8-11(15(17)18)4-5-13(12)19-3/h4-8,10,16H,1-3H3,(H,17,18). The molecule has 5 heteroatoms. The Balaban J connectivity index is 2.29. The van der Waals surface area contributed by atoms with Gasteiger partial charge in [0.25, 0.3) is 0 Å². The number of rotatable bonds is 5. The third-order valence-electron chi connectivity index (χ3n) is 3.11. The number of nitrogens with one attached hydrogen (secondary N) is 1. The Morgan fingerprint density at radius 2 is 2.15 bits per heavy atom. The Morgan fingerprint density at radius 3 is 2.70 bits per heavy atom. The molecule has 2 N–H and O–H groups in total. The molecule has 1 aromatic heterocycles. The minimum Gasteiger partial charge on any atom is -0.495 e. The lowest BCUT2D eigenvalue weighted by atomic mass is 10.1. The fourth-order valence-electron chi connectivity index (χ4n) is 2.08. The van der Waals surface area contributed by atoms with Crippen LogP contribution in [0, 0.1) is 6.92 Å². The normalized spacial score (nSPS) is 11.9. The summed E-state index contributed by atoms with van der Waals surface area (Å²) in [5.41, 5.74) is 2.15. The number of carboxylic acids is 1. The summed E-state index contributed by atoms with van der Waals surface area (Å²) in [5, 5.41) is 14.4. The molecule has 1 heterocycles. The number of benzene rings is 1. The fraction of sp³-hybridized carbons (Fsp3) is 0.267. The second-order valence-corrected chi connectivity index (χ2v) is 5.50. The molecule has 0 aliphatic heterocycles. The van der Waals surface area contributed by atoms with E-state index in [-0.39, 0.29) is 11.6 Å². The molecule has 0 spiro atoms. The summed E-state index contributed by atoms with van der Waals surface area (Å²) in [6.45, 7) is 4.11. The van der Waals surface area contributed by atoms with Crippen LogP contribution in [-0.4, -0.2) is 18.2 Å². The molecule has 1 atom stereocenters. The van der Waals surface area contributed by atoms with Crippen LogP contribution in [0.25, 0.3) is 0 Å². The molecule has 0 aliphatic carbocycles. The van der Waals surface area contributed by atoms with E-state index in [1.165, 1.54) is 16.5 Å². The molecule has 0 bridgehead atoms. The zero-order chi connectivity index (χ0) is 14.7. The van der Waals surface area contributed by atoms with Crippen molar-refractivity contribution in [1.29, 1.82) is 0 Å². The zero-order valence-corrected chi connectivity index (χ0v) is 12.5. The van der Waals surface area contributed by atoms with Gasteiger partial charge in [0.1, 0.15) is 5.75 Å². The molecule has 106 valence electrons. The Bertz CT molecular complexity index is 621. The van der Waals surface area contributed by atoms with Crippen LogP contribution in [0.2, 0.25) is 0 Å². The van der Waals surface area contributed by atoms with Gasteiger partial charge in [0.15, 0.2) is 0 Å². The number of anilines is 1. The second kappa shape index (κ2) is 5.96. The summed E-state index contributed by atoms with van der Waals surface area (Å²) in [5.74, 6) is -0.313. The van der Waals surface area contributed by atoms with Gasteiger partial charge in [-0.25, -0.2) is 4.79 Å². The highest BCUT2D eigenvalue weighted by molar-refractivity contribution is 7.10. The lowest BCUT2D eigenvalue weighted by molar-refractivity contribution is 0.0697. The van der Waals surface area contributed by atoms with Gasteiger partial charge in [0, 0.05) is 4.88 Å². The number of hydrogen-bond acceptors (Lipinski definition) is 4. The smallest absolute Gasteiger partial charge is 0.335 e. The number of ether oxygens (including phenoxy) is 1. The zero-order valence-electron chi connectivity index (χ0n) is 11.6. The molecule has 0 fully saturated rings. The second-order valence-electron chi connectivity index (χ2n) is 4.55. The lowest BCUT2D eigenvalue weighted by Crippen LogP contribution is -2.08. The van der Waals surface area contributed by atoms with Crippen LogP contribution in [0.1, 0.15) is 33.8 Å². The van der Waals surface area contributed by atoms with E-state index in [1.54, 1.807) is 30.6 Å². The van der Waals surface area contributed by atoms with Gasteiger partial charge >= 0.3 is 5.97 Å². The fourth-order valence-corrected chi connectivity index (χ4v) is 3.02. The molecule has 2 aromatic rings. The molecule has 2 rings (SSSR count). The average molecular weight is 291 g/mol. The maximum atomic E-state index is 11.1. The van der Waals surface area contributed by atoms with Crippen molar-refractivity contribution in [3.05, 3.63) is 45.6 Å². The van der Waals surface area contributed by atoms with E-state index in [0.29, 0.717) is 11.4 Å². The van der Waals surface area contributed by atoms with Gasteiger partial charge in [-0.3, -0.25) is 0 Å². The minimum atomic E-state index is -0.948. The van der Waals surface area contributed by atoms with Crippen LogP contribution in [0.4, 0.5) is 5.69 Å². The molecule has 0 saturated carbocycles. The Morgan fingerprint density at radius 1 is 1.40 bits per heavy atom. The number of carboxylic acid groups (broad SMARTS) is 1. The number of aromatic carboxylic acids is 1. The van der Waals surface area contributed by atoms with Crippen LogP contribution in [0.3, 0.4) is 0 Å². The predicted molar refractivity (Wildman–Crippen MR) is 81.0 cm³/mol. The van der Waals surface area contributed by atoms with Crippen molar-refractivity contribution < 1.29 is 14.6 Å². The highest BCUT2D eigenvalue weighted by Crippen LogP contribution is 2.32. The first-order valence-corrected chi connectivity index (χ1v) is 7.12. The van der Waals surface area contributed by atoms with Crippen molar-refractivity contribution in [1.82, 2.24) is 0 Å². The minimum absolute atomic E-state index is 0.0907. The Hall–Kier alpha value is -2.01. The van der Waals surface area contributed by atoms with Gasteiger partial charge in [-0.1, -0.05) is 0 Å². The molecule has 0 saturated heterocycles. The van der Waals surface area contributed by atoms with Crippen molar-refractivity contribution >= 4 is 23.0 Å². The third kappa shape index (κ3) is 2.93. The van der Waals surface area contributed by atoms with Crippen LogP contribution in [0.5, 0.6) is 5.75 Å². The molecule has 4 nitrogen and oxygen atoms in total. The summed E-state index contributed by atoms with van der Waals surface area (Å²) in [6, 6.07) is 6.96. The molecular formula is C15H17NO3S. The number of carbonyl (C=O) groups is 1. The first-order chi connectivity index (χ1) is 9.52. The van der Waals surface area contributed by atoms with Crippen LogP contribution in [-0.2, 0) is 0 Å². The first kappa shape index (κ1) is 14.4. The maximum Gasteiger partial charge on any atom is 0.335 e. The number of methoxy groups -OCH3 is 1. The Labute approximate surface area is 122 Å². The van der Waals surface area contributed by atoms with Gasteiger partial charge in [0.05, 0.1) is 24.4 Å². The highest BCUT2D eigenvalue weighted by Gasteiger charge is 2.14. The summed E-state index contributed by atoms with van der Waals surface area (Å²) in [7, 11) is 1.57. The number of hydrogen-bond donors (Lipinski definition) is 2. The molecule has 0 radical (unpaired) electrons. The van der Waals surface area contributed by atoms with Crippen molar-refractivity contribution in [3.63, 3.8) is 0 Å². The van der Waals surface area contributed by atoms with E-state index in [1.807, 2.05) is 12.3 Å². The summed E-state index contributed by atoms with van der Waals surface area (Å²) in [4.78, 5) is 12.3. The SMILES string of the molecule is COc1ccc(C(=O)O)cc1NC(C)c1sccc1C. The predicted octanol–water partition coefficient (Wildman–Crippen LogP) is 3.94. The average Bonchev–Trinajstić information content (AvgIpc) is 2.84. The van der Waals surface area contributed by atoms with Crippen LogP contribution >= 0.6 is 11.3 Å². The molecule has 1 aromatic carbocycles. The topological polar surface area (TPSA) is 58.6 Å². The molecular weight excluding hydrogens is 274 g/mol. The number of thiophene rings is 1. The van der Waals surface area contributed by atoms with E-state index < -0.39 is 5.97 Å². The molecule has 0 amide bonds. The van der Waals surface area contributed by atoms with E-state index in [0.717, 1.165) is 0 Å². The van der Waals surface area contributed by atoms with Crippen LogP contribution in [0.15, 0.2) is 29.6 Å². The largest absolute Gasteiger partial charge is 0.495 e. The van der Waals surface area contributed by atoms with Crippen LogP contribution < -0.4 is 10.1 Å². The molecule has 20 heavy (non-hydrogen) atoms.